The molecule has 1 fully saturated rings. The second-order valence-corrected chi connectivity index (χ2v) is 6.52. The Morgan fingerprint density at radius 3 is 2.52 bits per heavy atom. The Bertz CT molecular complexity index is 934. The molecule has 1 aliphatic rings. The lowest BCUT2D eigenvalue weighted by atomic mass is 9.81. The molecular weight excluding hydrogens is 357 g/mol. The van der Waals surface area contributed by atoms with Gasteiger partial charge in [0.05, 0.1) is 17.4 Å². The fourth-order valence-corrected chi connectivity index (χ4v) is 3.18. The molecule has 5 nitrogen and oxygen atoms in total. The van der Waals surface area contributed by atoms with Gasteiger partial charge in [0.15, 0.2) is 5.82 Å². The summed E-state index contributed by atoms with van der Waals surface area (Å²) in [5.41, 5.74) is 0.392. The highest BCUT2D eigenvalue weighted by Crippen LogP contribution is 2.39. The SMILES string of the molecule is COC1CC(c2nc(-c3ccncc3)nn2-c2cccc(C(F)(F)F)c2)C1. The maximum atomic E-state index is 13.1. The van der Waals surface area contributed by atoms with Gasteiger partial charge in [0.1, 0.15) is 5.82 Å². The number of alkyl halides is 3. The number of nitrogens with zero attached hydrogens (tertiary/aromatic N) is 4. The number of aromatic nitrogens is 4. The predicted molar refractivity (Wildman–Crippen MR) is 92.4 cm³/mol. The summed E-state index contributed by atoms with van der Waals surface area (Å²) >= 11 is 0. The molecule has 0 atom stereocenters. The van der Waals surface area contributed by atoms with E-state index in [0.717, 1.165) is 30.5 Å². The minimum absolute atomic E-state index is 0.0904. The van der Waals surface area contributed by atoms with Crippen LogP contribution in [-0.2, 0) is 10.9 Å². The standard InChI is InChI=1S/C19H17F3N4O/c1-27-16-9-13(10-16)18-24-17(12-5-7-23-8-6-12)25-26(18)15-4-2-3-14(11-15)19(20,21)22/h2-8,11,13,16H,9-10H2,1H3. The van der Waals surface area contributed by atoms with Crippen LogP contribution in [0.5, 0.6) is 0 Å². The van der Waals surface area contributed by atoms with Crippen LogP contribution in [0.3, 0.4) is 0 Å². The van der Waals surface area contributed by atoms with Crippen molar-refractivity contribution in [3.05, 3.63) is 60.2 Å². The summed E-state index contributed by atoms with van der Waals surface area (Å²) in [4.78, 5) is 8.60. The van der Waals surface area contributed by atoms with Crippen LogP contribution in [-0.4, -0.2) is 33.0 Å². The third-order valence-electron chi connectivity index (χ3n) is 4.78. The first-order chi connectivity index (χ1) is 13.0. The molecule has 1 aliphatic carbocycles. The quantitative estimate of drug-likeness (QED) is 0.685. The normalized spacial score (nSPS) is 19.7. The molecule has 8 heteroatoms. The van der Waals surface area contributed by atoms with Crippen molar-refractivity contribution >= 4 is 0 Å². The maximum Gasteiger partial charge on any atom is 0.416 e. The second kappa shape index (κ2) is 6.77. The highest BCUT2D eigenvalue weighted by Gasteiger charge is 2.35. The molecule has 1 aromatic carbocycles. The van der Waals surface area contributed by atoms with Crippen LogP contribution in [0.2, 0.25) is 0 Å². The monoisotopic (exact) mass is 374 g/mol. The van der Waals surface area contributed by atoms with Crippen molar-refractivity contribution in [3.63, 3.8) is 0 Å². The highest BCUT2D eigenvalue weighted by atomic mass is 19.4. The van der Waals surface area contributed by atoms with E-state index < -0.39 is 11.7 Å². The van der Waals surface area contributed by atoms with Gasteiger partial charge in [-0.15, -0.1) is 5.10 Å². The summed E-state index contributed by atoms with van der Waals surface area (Å²) in [5, 5.41) is 4.50. The van der Waals surface area contributed by atoms with Crippen LogP contribution in [0.15, 0.2) is 48.8 Å². The van der Waals surface area contributed by atoms with Crippen molar-refractivity contribution in [2.24, 2.45) is 0 Å². The predicted octanol–water partition coefficient (Wildman–Crippen LogP) is 4.24. The minimum Gasteiger partial charge on any atom is -0.381 e. The van der Waals surface area contributed by atoms with E-state index in [1.54, 1.807) is 37.7 Å². The summed E-state index contributed by atoms with van der Waals surface area (Å²) in [6.07, 6.45) is 0.524. The van der Waals surface area contributed by atoms with Gasteiger partial charge in [-0.2, -0.15) is 13.2 Å². The van der Waals surface area contributed by atoms with Crippen LogP contribution in [0.25, 0.3) is 17.1 Å². The topological polar surface area (TPSA) is 52.8 Å². The molecular formula is C19H17F3N4O. The Hall–Kier alpha value is -2.74. The molecule has 2 heterocycles. The van der Waals surface area contributed by atoms with Gasteiger partial charge >= 0.3 is 6.18 Å². The van der Waals surface area contributed by atoms with Crippen LogP contribution in [0.4, 0.5) is 13.2 Å². The third kappa shape index (κ3) is 3.44. The van der Waals surface area contributed by atoms with Crippen LogP contribution in [0, 0.1) is 0 Å². The third-order valence-corrected chi connectivity index (χ3v) is 4.78. The largest absolute Gasteiger partial charge is 0.416 e. The minimum atomic E-state index is -4.41. The van der Waals surface area contributed by atoms with Crippen LogP contribution < -0.4 is 0 Å². The Balaban J connectivity index is 1.78. The van der Waals surface area contributed by atoms with Crippen molar-refractivity contribution in [2.75, 3.05) is 7.11 Å². The number of halogens is 3. The number of pyridine rings is 1. The first-order valence-electron chi connectivity index (χ1n) is 8.53. The second-order valence-electron chi connectivity index (χ2n) is 6.52. The molecule has 0 saturated heterocycles. The lowest BCUT2D eigenvalue weighted by Gasteiger charge is -2.33. The zero-order valence-electron chi connectivity index (χ0n) is 14.5. The average molecular weight is 374 g/mol. The number of hydrogen-bond acceptors (Lipinski definition) is 4. The molecule has 0 unspecified atom stereocenters. The summed E-state index contributed by atoms with van der Waals surface area (Å²) < 4.78 is 46.2. The van der Waals surface area contributed by atoms with Gasteiger partial charge < -0.3 is 4.74 Å². The Kier molecular flexibility index (Phi) is 4.43. The zero-order chi connectivity index (χ0) is 19.0. The fourth-order valence-electron chi connectivity index (χ4n) is 3.18. The number of ether oxygens (including phenoxy) is 1. The molecule has 0 N–H and O–H groups in total. The van der Waals surface area contributed by atoms with Gasteiger partial charge in [0.2, 0.25) is 0 Å². The van der Waals surface area contributed by atoms with E-state index in [2.05, 4.69) is 15.1 Å². The molecule has 3 aromatic rings. The van der Waals surface area contributed by atoms with Crippen molar-refractivity contribution in [1.29, 1.82) is 0 Å². The van der Waals surface area contributed by atoms with E-state index in [0.29, 0.717) is 17.3 Å². The Morgan fingerprint density at radius 1 is 1.11 bits per heavy atom. The molecule has 1 saturated carbocycles. The smallest absolute Gasteiger partial charge is 0.381 e. The molecule has 0 bridgehead atoms. The average Bonchev–Trinajstić information content (AvgIpc) is 3.06. The van der Waals surface area contributed by atoms with Crippen molar-refractivity contribution in [3.8, 4) is 17.1 Å². The van der Waals surface area contributed by atoms with Gasteiger partial charge in [0.25, 0.3) is 0 Å². The molecule has 0 radical (unpaired) electrons. The lowest BCUT2D eigenvalue weighted by Crippen LogP contribution is -2.30. The summed E-state index contributed by atoms with van der Waals surface area (Å²) in [6, 6.07) is 8.68. The summed E-state index contributed by atoms with van der Waals surface area (Å²) in [7, 11) is 1.65. The lowest BCUT2D eigenvalue weighted by molar-refractivity contribution is -0.137. The van der Waals surface area contributed by atoms with Gasteiger partial charge in [-0.1, -0.05) is 6.07 Å². The fraction of sp³-hybridized carbons (Fsp3) is 0.316. The molecule has 0 aliphatic heterocycles. The molecule has 140 valence electrons. The van der Waals surface area contributed by atoms with Gasteiger partial charge in [0, 0.05) is 31.0 Å². The Morgan fingerprint density at radius 2 is 1.85 bits per heavy atom. The summed E-state index contributed by atoms with van der Waals surface area (Å²) in [5.74, 6) is 1.20. The van der Waals surface area contributed by atoms with Crippen LogP contribution >= 0.6 is 0 Å². The van der Waals surface area contributed by atoms with E-state index in [1.165, 1.54) is 10.7 Å². The van der Waals surface area contributed by atoms with E-state index in [4.69, 9.17) is 4.74 Å². The van der Waals surface area contributed by atoms with E-state index >= 15 is 0 Å². The van der Waals surface area contributed by atoms with Crippen molar-refractivity contribution < 1.29 is 17.9 Å². The summed E-state index contributed by atoms with van der Waals surface area (Å²) in [6.45, 7) is 0. The zero-order valence-corrected chi connectivity index (χ0v) is 14.5. The molecule has 2 aromatic heterocycles. The number of methoxy groups -OCH3 is 1. The van der Waals surface area contributed by atoms with E-state index in [9.17, 15) is 13.2 Å². The van der Waals surface area contributed by atoms with Gasteiger partial charge in [-0.25, -0.2) is 9.67 Å². The van der Waals surface area contributed by atoms with Crippen molar-refractivity contribution in [1.82, 2.24) is 19.7 Å². The van der Waals surface area contributed by atoms with E-state index in [1.807, 2.05) is 0 Å². The number of benzene rings is 1. The maximum absolute atomic E-state index is 13.1. The number of hydrogen-bond donors (Lipinski definition) is 0. The van der Waals surface area contributed by atoms with Crippen molar-refractivity contribution in [2.45, 2.75) is 31.0 Å². The van der Waals surface area contributed by atoms with Gasteiger partial charge in [-0.3, -0.25) is 4.98 Å². The molecule has 4 rings (SSSR count). The molecule has 0 spiro atoms. The van der Waals surface area contributed by atoms with Crippen LogP contribution in [0.1, 0.15) is 30.1 Å². The first kappa shape index (κ1) is 17.7. The Labute approximate surface area is 153 Å². The number of rotatable bonds is 4. The van der Waals surface area contributed by atoms with Gasteiger partial charge in [-0.05, 0) is 43.2 Å². The first-order valence-corrected chi connectivity index (χ1v) is 8.53. The highest BCUT2D eigenvalue weighted by molar-refractivity contribution is 5.54. The molecule has 27 heavy (non-hydrogen) atoms. The molecule has 0 amide bonds. The van der Waals surface area contributed by atoms with E-state index in [-0.39, 0.29) is 12.0 Å².